The van der Waals surface area contributed by atoms with Crippen LogP contribution in [0.1, 0.15) is 12.8 Å². The molecule has 1 aliphatic rings. The first-order valence-corrected chi connectivity index (χ1v) is 9.36. The third-order valence-electron chi connectivity index (χ3n) is 3.63. The number of piperidine rings is 1. The van der Waals surface area contributed by atoms with Crippen LogP contribution in [0.25, 0.3) is 0 Å². The Bertz CT molecular complexity index is 706. The Morgan fingerprint density at radius 3 is 2.50 bits per heavy atom. The van der Waals surface area contributed by atoms with Gasteiger partial charge in [0.2, 0.25) is 0 Å². The highest BCUT2D eigenvalue weighted by atomic mass is 32.2. The number of hydrogen-bond donors (Lipinski definition) is 2. The van der Waals surface area contributed by atoms with Gasteiger partial charge >= 0.3 is 0 Å². The molecular weight excluding hydrogens is 322 g/mol. The SMILES string of the molecule is O=S(=O)(Nc1nccs1)c1ccc(N2CCC(O)CC2)cc1. The molecule has 0 bridgehead atoms. The largest absolute Gasteiger partial charge is 0.393 e. The standard InChI is InChI=1S/C14H17N3O3S2/c18-12-5-8-17(9-6-12)11-1-3-13(4-2-11)22(19,20)16-14-15-7-10-21-14/h1-4,7,10,12,18H,5-6,8-9H2,(H,15,16). The van der Waals surface area contributed by atoms with Gasteiger partial charge in [-0.1, -0.05) is 0 Å². The Kier molecular flexibility index (Phi) is 4.32. The molecule has 0 spiro atoms. The Hall–Kier alpha value is -1.64. The Labute approximate surface area is 133 Å². The number of rotatable bonds is 4. The minimum Gasteiger partial charge on any atom is -0.393 e. The number of benzene rings is 1. The van der Waals surface area contributed by atoms with Crippen LogP contribution in [0.5, 0.6) is 0 Å². The van der Waals surface area contributed by atoms with Crippen molar-refractivity contribution in [3.05, 3.63) is 35.8 Å². The maximum absolute atomic E-state index is 12.2. The summed E-state index contributed by atoms with van der Waals surface area (Å²) in [5, 5.41) is 11.6. The van der Waals surface area contributed by atoms with E-state index in [2.05, 4.69) is 14.6 Å². The number of aromatic nitrogens is 1. The first-order valence-electron chi connectivity index (χ1n) is 7.00. The predicted octanol–water partition coefficient (Wildman–Crippen LogP) is 1.90. The van der Waals surface area contributed by atoms with Gasteiger partial charge in [0, 0.05) is 30.4 Å². The highest BCUT2D eigenvalue weighted by Crippen LogP contribution is 2.23. The Morgan fingerprint density at radius 2 is 1.91 bits per heavy atom. The van der Waals surface area contributed by atoms with E-state index in [-0.39, 0.29) is 11.0 Å². The zero-order chi connectivity index (χ0) is 15.6. The van der Waals surface area contributed by atoms with E-state index >= 15 is 0 Å². The molecule has 0 radical (unpaired) electrons. The monoisotopic (exact) mass is 339 g/mol. The van der Waals surface area contributed by atoms with Crippen LogP contribution < -0.4 is 9.62 Å². The number of aliphatic hydroxyl groups is 1. The van der Waals surface area contributed by atoms with Crippen molar-refractivity contribution in [1.82, 2.24) is 4.98 Å². The van der Waals surface area contributed by atoms with E-state index < -0.39 is 10.0 Å². The maximum atomic E-state index is 12.2. The van der Waals surface area contributed by atoms with Crippen LogP contribution in [0.4, 0.5) is 10.8 Å². The van der Waals surface area contributed by atoms with Crippen LogP contribution >= 0.6 is 11.3 Å². The molecular formula is C14H17N3O3S2. The summed E-state index contributed by atoms with van der Waals surface area (Å²) < 4.78 is 26.9. The lowest BCUT2D eigenvalue weighted by molar-refractivity contribution is 0.145. The average Bonchev–Trinajstić information content (AvgIpc) is 3.00. The summed E-state index contributed by atoms with van der Waals surface area (Å²) in [4.78, 5) is 6.28. The Morgan fingerprint density at radius 1 is 1.23 bits per heavy atom. The molecule has 0 aliphatic carbocycles. The number of thiazole rings is 1. The van der Waals surface area contributed by atoms with Gasteiger partial charge in [-0.05, 0) is 37.1 Å². The van der Waals surface area contributed by atoms with Gasteiger partial charge in [-0.15, -0.1) is 11.3 Å². The van der Waals surface area contributed by atoms with Gasteiger partial charge in [0.1, 0.15) is 0 Å². The molecule has 3 rings (SSSR count). The minimum absolute atomic E-state index is 0.212. The molecule has 1 fully saturated rings. The molecule has 2 heterocycles. The minimum atomic E-state index is -3.60. The highest BCUT2D eigenvalue weighted by Gasteiger charge is 2.19. The van der Waals surface area contributed by atoms with Crippen LogP contribution in [0, 0.1) is 0 Å². The third kappa shape index (κ3) is 3.40. The summed E-state index contributed by atoms with van der Waals surface area (Å²) in [7, 11) is -3.60. The van der Waals surface area contributed by atoms with Gasteiger partial charge in [-0.3, -0.25) is 4.72 Å². The molecule has 0 unspecified atom stereocenters. The molecule has 8 heteroatoms. The van der Waals surface area contributed by atoms with Crippen molar-refractivity contribution in [1.29, 1.82) is 0 Å². The molecule has 0 saturated carbocycles. The molecule has 2 N–H and O–H groups in total. The van der Waals surface area contributed by atoms with Crippen LogP contribution in [0.3, 0.4) is 0 Å². The van der Waals surface area contributed by atoms with Gasteiger partial charge in [0.25, 0.3) is 10.0 Å². The second-order valence-corrected chi connectivity index (χ2v) is 7.73. The summed E-state index contributed by atoms with van der Waals surface area (Å²) in [5.74, 6) is 0. The summed E-state index contributed by atoms with van der Waals surface area (Å²) >= 11 is 1.24. The summed E-state index contributed by atoms with van der Waals surface area (Å²) in [6.45, 7) is 1.56. The quantitative estimate of drug-likeness (QED) is 0.889. The average molecular weight is 339 g/mol. The number of sulfonamides is 1. The number of nitrogens with zero attached hydrogens (tertiary/aromatic N) is 2. The maximum Gasteiger partial charge on any atom is 0.263 e. The lowest BCUT2D eigenvalue weighted by Gasteiger charge is -2.31. The summed E-state index contributed by atoms with van der Waals surface area (Å²) in [6, 6.07) is 6.79. The van der Waals surface area contributed by atoms with E-state index in [9.17, 15) is 13.5 Å². The van der Waals surface area contributed by atoms with E-state index in [0.717, 1.165) is 31.6 Å². The van der Waals surface area contributed by atoms with Gasteiger partial charge in [-0.2, -0.15) is 0 Å². The van der Waals surface area contributed by atoms with Crippen LogP contribution in [0.2, 0.25) is 0 Å². The number of aliphatic hydroxyl groups excluding tert-OH is 1. The topological polar surface area (TPSA) is 82.5 Å². The zero-order valence-corrected chi connectivity index (χ0v) is 13.5. The van der Waals surface area contributed by atoms with Crippen LogP contribution in [-0.2, 0) is 10.0 Å². The fourth-order valence-corrected chi connectivity index (χ4v) is 4.20. The molecule has 0 atom stereocenters. The highest BCUT2D eigenvalue weighted by molar-refractivity contribution is 7.93. The predicted molar refractivity (Wildman–Crippen MR) is 86.8 cm³/mol. The molecule has 1 aromatic carbocycles. The third-order valence-corrected chi connectivity index (χ3v) is 5.80. The molecule has 22 heavy (non-hydrogen) atoms. The number of hydrogen-bond acceptors (Lipinski definition) is 6. The molecule has 118 valence electrons. The van der Waals surface area contributed by atoms with Gasteiger partial charge in [0.15, 0.2) is 5.13 Å². The smallest absolute Gasteiger partial charge is 0.263 e. The normalized spacial score (nSPS) is 16.7. The fraction of sp³-hybridized carbons (Fsp3) is 0.357. The van der Waals surface area contributed by atoms with E-state index in [1.54, 1.807) is 35.8 Å². The summed E-state index contributed by atoms with van der Waals surface area (Å²) in [6.07, 6.45) is 2.81. The Balaban J connectivity index is 1.73. The first-order chi connectivity index (χ1) is 10.5. The van der Waals surface area contributed by atoms with E-state index in [1.807, 2.05) is 0 Å². The van der Waals surface area contributed by atoms with Gasteiger partial charge in [-0.25, -0.2) is 13.4 Å². The fourth-order valence-electron chi connectivity index (χ4n) is 2.41. The molecule has 0 amide bonds. The van der Waals surface area contributed by atoms with Crippen molar-refractivity contribution in [2.75, 3.05) is 22.7 Å². The van der Waals surface area contributed by atoms with Gasteiger partial charge < -0.3 is 10.0 Å². The van der Waals surface area contributed by atoms with Crippen molar-refractivity contribution in [3.63, 3.8) is 0 Å². The molecule has 1 aromatic heterocycles. The first kappa shape index (κ1) is 15.3. The van der Waals surface area contributed by atoms with E-state index in [0.29, 0.717) is 5.13 Å². The zero-order valence-electron chi connectivity index (χ0n) is 11.8. The number of nitrogens with one attached hydrogen (secondary N) is 1. The summed E-state index contributed by atoms with van der Waals surface area (Å²) in [5.41, 5.74) is 0.972. The van der Waals surface area contributed by atoms with Crippen molar-refractivity contribution in [2.24, 2.45) is 0 Å². The van der Waals surface area contributed by atoms with Crippen LogP contribution in [-0.4, -0.2) is 37.7 Å². The molecule has 2 aromatic rings. The second-order valence-electron chi connectivity index (χ2n) is 5.15. The van der Waals surface area contributed by atoms with Gasteiger partial charge in [0.05, 0.1) is 11.0 Å². The number of anilines is 2. The van der Waals surface area contributed by atoms with Crippen molar-refractivity contribution < 1.29 is 13.5 Å². The molecule has 1 aliphatic heterocycles. The van der Waals surface area contributed by atoms with Crippen molar-refractivity contribution in [2.45, 2.75) is 23.8 Å². The molecule has 1 saturated heterocycles. The lowest BCUT2D eigenvalue weighted by Crippen LogP contribution is -2.35. The second kappa shape index (κ2) is 6.23. The van der Waals surface area contributed by atoms with E-state index in [4.69, 9.17) is 0 Å². The van der Waals surface area contributed by atoms with Crippen molar-refractivity contribution in [3.8, 4) is 0 Å². The van der Waals surface area contributed by atoms with Crippen LogP contribution in [0.15, 0.2) is 40.7 Å². The molecule has 6 nitrogen and oxygen atoms in total. The lowest BCUT2D eigenvalue weighted by atomic mass is 10.1. The van der Waals surface area contributed by atoms with E-state index in [1.165, 1.54) is 11.3 Å². The van der Waals surface area contributed by atoms with Crippen molar-refractivity contribution >= 4 is 32.2 Å².